The highest BCUT2D eigenvalue weighted by atomic mass is 32.1. The monoisotopic (exact) mass is 298 g/mol. The van der Waals surface area contributed by atoms with E-state index in [1.165, 1.54) is 18.2 Å². The molecular weight excluding hydrogens is 284 g/mol. The summed E-state index contributed by atoms with van der Waals surface area (Å²) in [5, 5.41) is 6.43. The highest BCUT2D eigenvalue weighted by Gasteiger charge is 2.04. The van der Waals surface area contributed by atoms with Gasteiger partial charge in [0, 0.05) is 0 Å². The predicted molar refractivity (Wildman–Crippen MR) is 84.8 cm³/mol. The molecule has 106 valence electrons. The minimum atomic E-state index is -0.386. The zero-order chi connectivity index (χ0) is 14.7. The third-order valence-electron chi connectivity index (χ3n) is 3.25. The van der Waals surface area contributed by atoms with Gasteiger partial charge in [-0.1, -0.05) is 18.2 Å². The number of rotatable bonds is 4. The third-order valence-corrected chi connectivity index (χ3v) is 3.93. The van der Waals surface area contributed by atoms with E-state index < -0.39 is 0 Å². The van der Waals surface area contributed by atoms with Gasteiger partial charge in [0.2, 0.25) is 0 Å². The first-order valence-electron chi connectivity index (χ1n) is 6.52. The Balaban J connectivity index is 1.86. The molecule has 0 unspecified atom stereocenters. The van der Waals surface area contributed by atoms with Crippen LogP contribution in [0.5, 0.6) is 5.75 Å². The molecule has 0 radical (unpaired) electrons. The van der Waals surface area contributed by atoms with Crippen LogP contribution in [0.15, 0.2) is 53.2 Å². The maximum Gasteiger partial charge on any atom is 0.343 e. The lowest BCUT2D eigenvalue weighted by molar-refractivity contribution is -0.142. The molecule has 0 aliphatic carbocycles. The number of hydrogen-bond donors (Lipinski definition) is 0. The van der Waals surface area contributed by atoms with Crippen LogP contribution in [0.3, 0.4) is 0 Å². The smallest absolute Gasteiger partial charge is 0.343 e. The van der Waals surface area contributed by atoms with Gasteiger partial charge >= 0.3 is 5.97 Å². The first-order chi connectivity index (χ1) is 10.3. The Morgan fingerprint density at radius 3 is 2.62 bits per heavy atom. The highest BCUT2D eigenvalue weighted by molar-refractivity contribution is 7.08. The average molecular weight is 298 g/mol. The number of ether oxygens (including phenoxy) is 2. The summed E-state index contributed by atoms with van der Waals surface area (Å²) in [7, 11) is 1.35. The summed E-state index contributed by atoms with van der Waals surface area (Å²) in [6.45, 7) is -0.0744. The number of fused-ring (bicyclic) bond motifs is 1. The standard InChI is InChI=1S/C17H14O3S/c1-19-17(18)10-20-16-5-4-12-8-13(2-3-14(12)9-16)15-6-7-21-11-15/h2-9,11H,10H2,1H3. The summed E-state index contributed by atoms with van der Waals surface area (Å²) in [6.07, 6.45) is 0. The van der Waals surface area contributed by atoms with Crippen molar-refractivity contribution in [3.63, 3.8) is 0 Å². The van der Waals surface area contributed by atoms with Crippen LogP contribution < -0.4 is 4.74 Å². The molecule has 0 spiro atoms. The molecule has 0 aliphatic heterocycles. The van der Waals surface area contributed by atoms with Crippen molar-refractivity contribution in [2.75, 3.05) is 13.7 Å². The molecule has 0 bridgehead atoms. The summed E-state index contributed by atoms with van der Waals surface area (Å²) in [5.41, 5.74) is 2.43. The van der Waals surface area contributed by atoms with Gasteiger partial charge in [-0.25, -0.2) is 4.79 Å². The van der Waals surface area contributed by atoms with E-state index in [1.54, 1.807) is 11.3 Å². The lowest BCUT2D eigenvalue weighted by Crippen LogP contribution is -2.12. The lowest BCUT2D eigenvalue weighted by Gasteiger charge is -2.07. The van der Waals surface area contributed by atoms with Crippen LogP contribution in [0.4, 0.5) is 0 Å². The molecular formula is C17H14O3S. The minimum absolute atomic E-state index is 0.0744. The third kappa shape index (κ3) is 3.06. The van der Waals surface area contributed by atoms with Crippen molar-refractivity contribution >= 4 is 28.1 Å². The first kappa shape index (κ1) is 13.6. The summed E-state index contributed by atoms with van der Waals surface area (Å²) in [4.78, 5) is 11.1. The van der Waals surface area contributed by atoms with E-state index in [0.29, 0.717) is 5.75 Å². The largest absolute Gasteiger partial charge is 0.482 e. The van der Waals surface area contributed by atoms with Gasteiger partial charge in [-0.3, -0.25) is 0 Å². The number of esters is 1. The number of methoxy groups -OCH3 is 1. The second kappa shape index (κ2) is 5.97. The zero-order valence-corrected chi connectivity index (χ0v) is 12.4. The summed E-state index contributed by atoms with van der Waals surface area (Å²) >= 11 is 1.69. The maximum atomic E-state index is 11.1. The average Bonchev–Trinajstić information content (AvgIpc) is 3.06. The van der Waals surface area contributed by atoms with Gasteiger partial charge in [0.05, 0.1) is 7.11 Å². The van der Waals surface area contributed by atoms with Crippen LogP contribution in [0.2, 0.25) is 0 Å². The number of carbonyl (C=O) groups excluding carboxylic acids is 1. The maximum absolute atomic E-state index is 11.1. The highest BCUT2D eigenvalue weighted by Crippen LogP contribution is 2.28. The van der Waals surface area contributed by atoms with Gasteiger partial charge in [0.1, 0.15) is 5.75 Å². The second-order valence-electron chi connectivity index (χ2n) is 4.60. The molecule has 0 fully saturated rings. The van der Waals surface area contributed by atoms with Crippen LogP contribution in [0.25, 0.3) is 21.9 Å². The number of benzene rings is 2. The van der Waals surface area contributed by atoms with Crippen molar-refractivity contribution < 1.29 is 14.3 Å². The molecule has 0 saturated carbocycles. The Hall–Kier alpha value is -2.33. The van der Waals surface area contributed by atoms with Gasteiger partial charge in [0.15, 0.2) is 6.61 Å². The molecule has 0 N–H and O–H groups in total. The van der Waals surface area contributed by atoms with Crippen LogP contribution in [0, 0.1) is 0 Å². The second-order valence-corrected chi connectivity index (χ2v) is 5.38. The van der Waals surface area contributed by atoms with E-state index in [2.05, 4.69) is 39.8 Å². The van der Waals surface area contributed by atoms with Crippen LogP contribution >= 0.6 is 11.3 Å². The van der Waals surface area contributed by atoms with E-state index in [1.807, 2.05) is 18.2 Å². The van der Waals surface area contributed by atoms with Gasteiger partial charge in [-0.15, -0.1) is 0 Å². The molecule has 4 heteroatoms. The fourth-order valence-corrected chi connectivity index (χ4v) is 2.79. The minimum Gasteiger partial charge on any atom is -0.482 e. The molecule has 21 heavy (non-hydrogen) atoms. The Morgan fingerprint density at radius 1 is 1.05 bits per heavy atom. The Morgan fingerprint density at radius 2 is 1.86 bits per heavy atom. The SMILES string of the molecule is COC(=O)COc1ccc2cc(-c3ccsc3)ccc2c1. The molecule has 0 aliphatic rings. The molecule has 0 atom stereocenters. The van der Waals surface area contributed by atoms with Crippen LogP contribution in [0.1, 0.15) is 0 Å². The molecule has 1 heterocycles. The lowest BCUT2D eigenvalue weighted by atomic mass is 10.0. The molecule has 3 nitrogen and oxygen atoms in total. The molecule has 0 amide bonds. The molecule has 3 rings (SSSR count). The Labute approximate surface area is 126 Å². The molecule has 1 aromatic heterocycles. The molecule has 3 aromatic rings. The van der Waals surface area contributed by atoms with E-state index in [0.717, 1.165) is 10.8 Å². The van der Waals surface area contributed by atoms with Gasteiger partial charge in [-0.2, -0.15) is 11.3 Å². The fraction of sp³-hybridized carbons (Fsp3) is 0.118. The quantitative estimate of drug-likeness (QED) is 0.680. The number of hydrogen-bond acceptors (Lipinski definition) is 4. The van der Waals surface area contributed by atoms with Gasteiger partial charge < -0.3 is 9.47 Å². The first-order valence-corrected chi connectivity index (χ1v) is 7.46. The van der Waals surface area contributed by atoms with Gasteiger partial charge in [0.25, 0.3) is 0 Å². The Bertz CT molecular complexity index is 763. The van der Waals surface area contributed by atoms with E-state index in [9.17, 15) is 4.79 Å². The predicted octanol–water partition coefficient (Wildman–Crippen LogP) is 4.12. The van der Waals surface area contributed by atoms with E-state index in [4.69, 9.17) is 4.74 Å². The Kier molecular flexibility index (Phi) is 3.88. The molecule has 0 saturated heterocycles. The van der Waals surface area contributed by atoms with E-state index in [-0.39, 0.29) is 12.6 Å². The zero-order valence-electron chi connectivity index (χ0n) is 11.5. The number of thiophene rings is 1. The van der Waals surface area contributed by atoms with Crippen molar-refractivity contribution in [3.8, 4) is 16.9 Å². The molecule has 2 aromatic carbocycles. The van der Waals surface area contributed by atoms with Crippen molar-refractivity contribution in [1.29, 1.82) is 0 Å². The van der Waals surface area contributed by atoms with Crippen molar-refractivity contribution in [2.45, 2.75) is 0 Å². The summed E-state index contributed by atoms with van der Waals surface area (Å²) in [5.74, 6) is 0.277. The normalized spacial score (nSPS) is 10.5. The van der Waals surface area contributed by atoms with Gasteiger partial charge in [-0.05, 0) is 56.9 Å². The van der Waals surface area contributed by atoms with Crippen molar-refractivity contribution in [3.05, 3.63) is 53.2 Å². The van der Waals surface area contributed by atoms with Crippen LogP contribution in [-0.4, -0.2) is 19.7 Å². The van der Waals surface area contributed by atoms with Crippen molar-refractivity contribution in [2.24, 2.45) is 0 Å². The topological polar surface area (TPSA) is 35.5 Å². The van der Waals surface area contributed by atoms with Crippen LogP contribution in [-0.2, 0) is 9.53 Å². The summed E-state index contributed by atoms with van der Waals surface area (Å²) in [6, 6.07) is 14.2. The van der Waals surface area contributed by atoms with Crippen molar-refractivity contribution in [1.82, 2.24) is 0 Å². The fourth-order valence-electron chi connectivity index (χ4n) is 2.12. The van der Waals surface area contributed by atoms with E-state index >= 15 is 0 Å². The number of carbonyl (C=O) groups is 1. The summed E-state index contributed by atoms with van der Waals surface area (Å²) < 4.78 is 9.95.